The number of amides is 1. The number of aliphatic hydroxyl groups is 1. The van der Waals surface area contributed by atoms with Gasteiger partial charge in [-0.2, -0.15) is 0 Å². The van der Waals surface area contributed by atoms with Gasteiger partial charge in [0.2, 0.25) is 5.91 Å². The Hall–Kier alpha value is -2.27. The minimum Gasteiger partial charge on any atom is -0.392 e. The van der Waals surface area contributed by atoms with Gasteiger partial charge in [0.1, 0.15) is 11.6 Å². The number of nitrogens with one attached hydrogen (secondary N) is 1. The van der Waals surface area contributed by atoms with Crippen LogP contribution < -0.4 is 5.32 Å². The minimum atomic E-state index is -0.473. The number of rotatable bonds is 5. The maximum atomic E-state index is 13.2. The van der Waals surface area contributed by atoms with Crippen LogP contribution in [0.15, 0.2) is 42.5 Å². The molecular weight excluding hydrogens is 276 g/mol. The van der Waals surface area contributed by atoms with E-state index in [9.17, 15) is 13.6 Å². The molecule has 0 saturated heterocycles. The van der Waals surface area contributed by atoms with Crippen LogP contribution in [0.25, 0.3) is 0 Å². The molecule has 0 spiro atoms. The van der Waals surface area contributed by atoms with Crippen molar-refractivity contribution in [3.63, 3.8) is 0 Å². The fourth-order valence-electron chi connectivity index (χ4n) is 1.91. The molecule has 0 saturated carbocycles. The maximum absolute atomic E-state index is 13.2. The minimum absolute atomic E-state index is 0.147. The van der Waals surface area contributed by atoms with Gasteiger partial charge in [0.05, 0.1) is 13.0 Å². The third-order valence-electron chi connectivity index (χ3n) is 3.05. The zero-order valence-electron chi connectivity index (χ0n) is 11.3. The molecule has 21 heavy (non-hydrogen) atoms. The molecule has 0 aliphatic heterocycles. The highest BCUT2D eigenvalue weighted by atomic mass is 19.1. The van der Waals surface area contributed by atoms with Crippen molar-refractivity contribution >= 4 is 5.91 Å². The van der Waals surface area contributed by atoms with Gasteiger partial charge < -0.3 is 10.4 Å². The zero-order valence-corrected chi connectivity index (χ0v) is 11.3. The highest BCUT2D eigenvalue weighted by molar-refractivity contribution is 5.78. The van der Waals surface area contributed by atoms with Crippen LogP contribution in [0.5, 0.6) is 0 Å². The SMILES string of the molecule is O=C(Cc1ccc(F)cc1)NCc1ccc(F)c(CO)c1. The molecule has 2 aromatic carbocycles. The van der Waals surface area contributed by atoms with E-state index >= 15 is 0 Å². The van der Waals surface area contributed by atoms with Crippen molar-refractivity contribution in [2.75, 3.05) is 0 Å². The van der Waals surface area contributed by atoms with E-state index in [4.69, 9.17) is 5.11 Å². The van der Waals surface area contributed by atoms with Crippen LogP contribution >= 0.6 is 0 Å². The molecule has 0 heterocycles. The fraction of sp³-hybridized carbons (Fsp3) is 0.188. The van der Waals surface area contributed by atoms with E-state index < -0.39 is 5.82 Å². The molecule has 1 amide bonds. The normalized spacial score (nSPS) is 10.4. The third kappa shape index (κ3) is 4.36. The van der Waals surface area contributed by atoms with Crippen LogP contribution in [-0.2, 0) is 24.4 Å². The second kappa shape index (κ2) is 6.95. The van der Waals surface area contributed by atoms with Crippen LogP contribution in [0.4, 0.5) is 8.78 Å². The molecule has 0 aromatic heterocycles. The summed E-state index contributed by atoms with van der Waals surface area (Å²) in [4.78, 5) is 11.8. The smallest absolute Gasteiger partial charge is 0.224 e. The Morgan fingerprint density at radius 2 is 1.71 bits per heavy atom. The second-order valence-corrected chi connectivity index (χ2v) is 4.66. The molecule has 0 radical (unpaired) electrons. The summed E-state index contributed by atoms with van der Waals surface area (Å²) >= 11 is 0. The molecule has 0 bridgehead atoms. The summed E-state index contributed by atoms with van der Waals surface area (Å²) in [5.74, 6) is -1.03. The zero-order chi connectivity index (χ0) is 15.2. The summed E-state index contributed by atoms with van der Waals surface area (Å²) in [5.41, 5.74) is 1.61. The molecule has 2 N–H and O–H groups in total. The summed E-state index contributed by atoms with van der Waals surface area (Å²) in [5, 5.41) is 11.7. The molecular formula is C16H15F2NO2. The standard InChI is InChI=1S/C16H15F2NO2/c17-14-4-1-11(2-5-14)8-16(21)19-9-12-3-6-15(18)13(7-12)10-20/h1-7,20H,8-10H2,(H,19,21). The number of benzene rings is 2. The van der Waals surface area contributed by atoms with Crippen molar-refractivity contribution in [1.29, 1.82) is 0 Å². The van der Waals surface area contributed by atoms with E-state index in [2.05, 4.69) is 5.32 Å². The van der Waals surface area contributed by atoms with Crippen molar-refractivity contribution in [3.05, 3.63) is 70.8 Å². The monoisotopic (exact) mass is 291 g/mol. The molecule has 2 aromatic rings. The van der Waals surface area contributed by atoms with Gasteiger partial charge in [0.25, 0.3) is 0 Å². The first-order valence-electron chi connectivity index (χ1n) is 6.48. The predicted molar refractivity (Wildman–Crippen MR) is 74.3 cm³/mol. The van der Waals surface area contributed by atoms with E-state index in [-0.39, 0.29) is 36.9 Å². The Kier molecular flexibility index (Phi) is 5.00. The molecule has 2 rings (SSSR count). The Labute approximate surface area is 121 Å². The van der Waals surface area contributed by atoms with Crippen LogP contribution in [0, 0.1) is 11.6 Å². The largest absolute Gasteiger partial charge is 0.392 e. The maximum Gasteiger partial charge on any atom is 0.224 e. The molecule has 5 heteroatoms. The van der Waals surface area contributed by atoms with Gasteiger partial charge in [-0.05, 0) is 35.4 Å². The number of hydrogen-bond acceptors (Lipinski definition) is 2. The summed E-state index contributed by atoms with van der Waals surface area (Å²) < 4.78 is 26.0. The molecule has 110 valence electrons. The Morgan fingerprint density at radius 1 is 1.05 bits per heavy atom. The third-order valence-corrected chi connectivity index (χ3v) is 3.05. The van der Waals surface area contributed by atoms with Crippen LogP contribution in [-0.4, -0.2) is 11.0 Å². The molecule has 0 fully saturated rings. The van der Waals surface area contributed by atoms with Gasteiger partial charge in [-0.25, -0.2) is 8.78 Å². The van der Waals surface area contributed by atoms with Gasteiger partial charge >= 0.3 is 0 Å². The van der Waals surface area contributed by atoms with E-state index in [1.165, 1.54) is 24.3 Å². The lowest BCUT2D eigenvalue weighted by molar-refractivity contribution is -0.120. The second-order valence-electron chi connectivity index (χ2n) is 4.66. The van der Waals surface area contributed by atoms with Crippen molar-refractivity contribution in [3.8, 4) is 0 Å². The first kappa shape index (κ1) is 15.1. The average molecular weight is 291 g/mol. The first-order chi connectivity index (χ1) is 10.1. The number of halogens is 2. The number of carbonyl (C=O) groups is 1. The van der Waals surface area contributed by atoms with Crippen LogP contribution in [0.2, 0.25) is 0 Å². The lowest BCUT2D eigenvalue weighted by Crippen LogP contribution is -2.24. The average Bonchev–Trinajstić information content (AvgIpc) is 2.49. The van der Waals surface area contributed by atoms with Crippen molar-refractivity contribution in [2.24, 2.45) is 0 Å². The van der Waals surface area contributed by atoms with Gasteiger partial charge in [-0.1, -0.05) is 18.2 Å². The molecule has 0 unspecified atom stereocenters. The van der Waals surface area contributed by atoms with Gasteiger partial charge in [0.15, 0.2) is 0 Å². The van der Waals surface area contributed by atoms with Crippen LogP contribution in [0.3, 0.4) is 0 Å². The van der Waals surface area contributed by atoms with Gasteiger partial charge in [-0.15, -0.1) is 0 Å². The summed E-state index contributed by atoms with van der Waals surface area (Å²) in [7, 11) is 0. The highest BCUT2D eigenvalue weighted by Crippen LogP contribution is 2.10. The van der Waals surface area contributed by atoms with E-state index in [1.807, 2.05) is 0 Å². The Bertz CT molecular complexity index is 627. The quantitative estimate of drug-likeness (QED) is 0.888. The predicted octanol–water partition coefficient (Wildman–Crippen LogP) is 2.32. The van der Waals surface area contributed by atoms with Crippen molar-refractivity contribution < 1.29 is 18.7 Å². The topological polar surface area (TPSA) is 49.3 Å². The van der Waals surface area contributed by atoms with Crippen LogP contribution in [0.1, 0.15) is 16.7 Å². The Balaban J connectivity index is 1.90. The van der Waals surface area contributed by atoms with Gasteiger partial charge in [0, 0.05) is 12.1 Å². The highest BCUT2D eigenvalue weighted by Gasteiger charge is 2.06. The molecule has 3 nitrogen and oxygen atoms in total. The van der Waals surface area contributed by atoms with Crippen molar-refractivity contribution in [1.82, 2.24) is 5.32 Å². The number of hydrogen-bond donors (Lipinski definition) is 2. The molecule has 0 aliphatic carbocycles. The fourth-order valence-corrected chi connectivity index (χ4v) is 1.91. The molecule has 0 atom stereocenters. The lowest BCUT2D eigenvalue weighted by Gasteiger charge is -2.07. The molecule has 0 aliphatic rings. The lowest BCUT2D eigenvalue weighted by atomic mass is 10.1. The summed E-state index contributed by atoms with van der Waals surface area (Å²) in [6.45, 7) is -0.142. The van der Waals surface area contributed by atoms with E-state index in [1.54, 1.807) is 18.2 Å². The number of carbonyl (C=O) groups excluding carboxylic acids is 1. The van der Waals surface area contributed by atoms with E-state index in [0.717, 1.165) is 0 Å². The van der Waals surface area contributed by atoms with Gasteiger partial charge in [-0.3, -0.25) is 4.79 Å². The number of aliphatic hydroxyl groups excluding tert-OH is 1. The summed E-state index contributed by atoms with van der Waals surface area (Å²) in [6.07, 6.45) is 0.147. The summed E-state index contributed by atoms with van der Waals surface area (Å²) in [6, 6.07) is 10.0. The van der Waals surface area contributed by atoms with E-state index in [0.29, 0.717) is 11.1 Å². The first-order valence-corrected chi connectivity index (χ1v) is 6.48. The van der Waals surface area contributed by atoms with Crippen molar-refractivity contribution in [2.45, 2.75) is 19.6 Å². The Morgan fingerprint density at radius 3 is 2.38 bits per heavy atom.